The summed E-state index contributed by atoms with van der Waals surface area (Å²) in [4.78, 5) is 4.80. The van der Waals surface area contributed by atoms with Crippen molar-refractivity contribution in [2.75, 3.05) is 12.8 Å². The Morgan fingerprint density at radius 2 is 1.95 bits per heavy atom. The minimum atomic E-state index is -4.41. The van der Waals surface area contributed by atoms with Crippen LogP contribution in [0.1, 0.15) is 15.9 Å². The first-order valence-corrected chi connectivity index (χ1v) is 7.79. The number of thiazole rings is 1. The number of rotatable bonds is 5. The van der Waals surface area contributed by atoms with E-state index in [0.717, 1.165) is 4.90 Å². The van der Waals surface area contributed by atoms with Crippen LogP contribution in [-0.2, 0) is 6.18 Å². The van der Waals surface area contributed by atoms with Gasteiger partial charge in [0.2, 0.25) is 0 Å². The van der Waals surface area contributed by atoms with Crippen molar-refractivity contribution in [1.29, 1.82) is 0 Å². The van der Waals surface area contributed by atoms with E-state index in [0.29, 0.717) is 22.0 Å². The average molecular weight is 336 g/mol. The summed E-state index contributed by atoms with van der Waals surface area (Å²) in [5.74, 6) is 0.212. The van der Waals surface area contributed by atoms with Gasteiger partial charge in [-0.3, -0.25) is 0 Å². The second-order valence-corrected chi connectivity index (χ2v) is 6.33. The Kier molecular flexibility index (Phi) is 5.23. The van der Waals surface area contributed by atoms with Gasteiger partial charge in [0.1, 0.15) is 5.82 Å². The van der Waals surface area contributed by atoms with Gasteiger partial charge < -0.3 is 5.32 Å². The van der Waals surface area contributed by atoms with Gasteiger partial charge in [-0.05, 0) is 31.3 Å². The predicted molar refractivity (Wildman–Crippen MR) is 76.0 cm³/mol. The molecule has 1 unspecified atom stereocenters. The molecule has 0 saturated carbocycles. The van der Waals surface area contributed by atoms with Crippen molar-refractivity contribution in [3.05, 3.63) is 46.2 Å². The fourth-order valence-corrected chi connectivity index (χ4v) is 3.63. The molecule has 2 nitrogen and oxygen atoms in total. The van der Waals surface area contributed by atoms with Gasteiger partial charge >= 0.3 is 6.18 Å². The number of nitrogens with one attached hydrogen (secondary N) is 1. The Hall–Kier alpha value is -1.12. The maximum atomic E-state index is 12.8. The molecule has 1 aromatic heterocycles. The lowest BCUT2D eigenvalue weighted by Crippen LogP contribution is -2.17. The van der Waals surface area contributed by atoms with Crippen molar-refractivity contribution in [3.63, 3.8) is 0 Å². The highest BCUT2D eigenvalue weighted by atomic mass is 32.2. The molecule has 0 amide bonds. The number of aromatic nitrogens is 1. The molecular formula is C13H12F4N2S2. The third kappa shape index (κ3) is 4.42. The standard InChI is InChI=1S/C13H12F4N2S2/c1-18-10(7-20-9-4-2-8(14)3-5-9)11-6-19-12(21-11)13(15,16)17/h2-6,10,18H,7H2,1H3. The summed E-state index contributed by atoms with van der Waals surface area (Å²) in [6, 6.07) is 5.74. The summed E-state index contributed by atoms with van der Waals surface area (Å²) in [7, 11) is 1.68. The third-order valence-electron chi connectivity index (χ3n) is 2.69. The monoisotopic (exact) mass is 336 g/mol. The van der Waals surface area contributed by atoms with E-state index in [1.165, 1.54) is 30.1 Å². The Morgan fingerprint density at radius 1 is 1.29 bits per heavy atom. The number of hydrogen-bond donors (Lipinski definition) is 1. The van der Waals surface area contributed by atoms with E-state index in [9.17, 15) is 17.6 Å². The fourth-order valence-electron chi connectivity index (χ4n) is 1.60. The van der Waals surface area contributed by atoms with Crippen LogP contribution < -0.4 is 5.32 Å². The molecule has 1 N–H and O–H groups in total. The first-order chi connectivity index (χ1) is 9.90. The molecule has 0 saturated heterocycles. The van der Waals surface area contributed by atoms with Crippen LogP contribution in [0.25, 0.3) is 0 Å². The second kappa shape index (κ2) is 6.76. The van der Waals surface area contributed by atoms with Crippen LogP contribution in [0.5, 0.6) is 0 Å². The third-order valence-corrected chi connectivity index (χ3v) is 4.95. The number of hydrogen-bond acceptors (Lipinski definition) is 4. The molecule has 0 aliphatic heterocycles. The normalized spacial score (nSPS) is 13.4. The zero-order chi connectivity index (χ0) is 15.5. The molecule has 0 aliphatic carbocycles. The lowest BCUT2D eigenvalue weighted by Gasteiger charge is -2.13. The van der Waals surface area contributed by atoms with Crippen molar-refractivity contribution in [1.82, 2.24) is 10.3 Å². The minimum absolute atomic E-state index is 0.242. The predicted octanol–water partition coefficient (Wildman–Crippen LogP) is 4.35. The van der Waals surface area contributed by atoms with Crippen molar-refractivity contribution >= 4 is 23.1 Å². The summed E-state index contributed by atoms with van der Waals surface area (Å²) in [5, 5.41) is 2.13. The lowest BCUT2D eigenvalue weighted by molar-refractivity contribution is -0.137. The van der Waals surface area contributed by atoms with Crippen molar-refractivity contribution in [3.8, 4) is 0 Å². The summed E-state index contributed by atoms with van der Waals surface area (Å²) < 4.78 is 50.4. The van der Waals surface area contributed by atoms with Crippen molar-refractivity contribution in [2.45, 2.75) is 17.1 Å². The zero-order valence-electron chi connectivity index (χ0n) is 10.9. The molecule has 0 spiro atoms. The molecule has 8 heteroatoms. The molecule has 21 heavy (non-hydrogen) atoms. The maximum Gasteiger partial charge on any atom is 0.443 e. The molecular weight excluding hydrogens is 324 g/mol. The fraction of sp³-hybridized carbons (Fsp3) is 0.308. The summed E-state index contributed by atoms with van der Waals surface area (Å²) in [6.07, 6.45) is -3.16. The number of halogens is 4. The minimum Gasteiger partial charge on any atom is -0.312 e. The summed E-state index contributed by atoms with van der Waals surface area (Å²) in [6.45, 7) is 0. The van der Waals surface area contributed by atoms with E-state index >= 15 is 0 Å². The van der Waals surface area contributed by atoms with Crippen LogP contribution in [0, 0.1) is 5.82 Å². The summed E-state index contributed by atoms with van der Waals surface area (Å²) >= 11 is 2.08. The van der Waals surface area contributed by atoms with Gasteiger partial charge in [-0.25, -0.2) is 9.37 Å². The molecule has 114 valence electrons. The van der Waals surface area contributed by atoms with Crippen LogP contribution in [0.2, 0.25) is 0 Å². The molecule has 2 rings (SSSR count). The van der Waals surface area contributed by atoms with Crippen LogP contribution >= 0.6 is 23.1 Å². The van der Waals surface area contributed by atoms with Gasteiger partial charge in [0.25, 0.3) is 0 Å². The lowest BCUT2D eigenvalue weighted by atomic mass is 10.3. The topological polar surface area (TPSA) is 24.9 Å². The van der Waals surface area contributed by atoms with Gasteiger partial charge in [-0.15, -0.1) is 23.1 Å². The zero-order valence-corrected chi connectivity index (χ0v) is 12.6. The smallest absolute Gasteiger partial charge is 0.312 e. The number of thioether (sulfide) groups is 1. The molecule has 0 radical (unpaired) electrons. The molecule has 1 aromatic carbocycles. The SMILES string of the molecule is CNC(CSc1ccc(F)cc1)c1cnc(C(F)(F)F)s1. The number of nitrogens with zero attached hydrogens (tertiary/aromatic N) is 1. The molecule has 0 aliphatic rings. The van der Waals surface area contributed by atoms with Gasteiger partial charge in [0, 0.05) is 21.7 Å². The van der Waals surface area contributed by atoms with E-state index in [1.807, 2.05) is 0 Å². The number of alkyl halides is 3. The van der Waals surface area contributed by atoms with E-state index in [2.05, 4.69) is 10.3 Å². The van der Waals surface area contributed by atoms with Gasteiger partial charge in [0.05, 0.1) is 6.04 Å². The molecule has 1 atom stereocenters. The van der Waals surface area contributed by atoms with Gasteiger partial charge in [-0.1, -0.05) is 0 Å². The largest absolute Gasteiger partial charge is 0.443 e. The first kappa shape index (κ1) is 16.3. The van der Waals surface area contributed by atoms with Crippen molar-refractivity contribution in [2.24, 2.45) is 0 Å². The highest BCUT2D eigenvalue weighted by Gasteiger charge is 2.35. The quantitative estimate of drug-likeness (QED) is 0.649. The average Bonchev–Trinajstić information content (AvgIpc) is 2.91. The first-order valence-electron chi connectivity index (χ1n) is 5.98. The maximum absolute atomic E-state index is 12.8. The van der Waals surface area contributed by atoms with E-state index in [1.54, 1.807) is 19.2 Å². The Balaban J connectivity index is 2.03. The van der Waals surface area contributed by atoms with Crippen LogP contribution in [0.3, 0.4) is 0 Å². The van der Waals surface area contributed by atoms with Crippen LogP contribution in [-0.4, -0.2) is 17.8 Å². The second-order valence-electron chi connectivity index (χ2n) is 4.17. The summed E-state index contributed by atoms with van der Waals surface area (Å²) in [5.41, 5.74) is 0. The van der Waals surface area contributed by atoms with Crippen molar-refractivity contribution < 1.29 is 17.6 Å². The van der Waals surface area contributed by atoms with Crippen LogP contribution in [0.4, 0.5) is 17.6 Å². The van der Waals surface area contributed by atoms with Gasteiger partial charge in [-0.2, -0.15) is 13.2 Å². The number of benzene rings is 1. The van der Waals surface area contributed by atoms with Crippen LogP contribution in [0.15, 0.2) is 35.4 Å². The Morgan fingerprint density at radius 3 is 2.48 bits per heavy atom. The molecule has 0 fully saturated rings. The molecule has 1 heterocycles. The van der Waals surface area contributed by atoms with E-state index in [-0.39, 0.29) is 11.9 Å². The molecule has 0 bridgehead atoms. The highest BCUT2D eigenvalue weighted by molar-refractivity contribution is 7.99. The Labute approximate surface area is 127 Å². The van der Waals surface area contributed by atoms with Gasteiger partial charge in [0.15, 0.2) is 5.01 Å². The molecule has 2 aromatic rings. The Bertz CT molecular complexity index is 581. The van der Waals surface area contributed by atoms with E-state index < -0.39 is 11.2 Å². The van der Waals surface area contributed by atoms with E-state index in [4.69, 9.17) is 0 Å². The highest BCUT2D eigenvalue weighted by Crippen LogP contribution is 2.35.